The number of amides is 2. The number of hydrogen-bond acceptors (Lipinski definition) is 4. The zero-order valence-corrected chi connectivity index (χ0v) is 16.1. The van der Waals surface area contributed by atoms with E-state index in [2.05, 4.69) is 21.7 Å². The van der Waals surface area contributed by atoms with Crippen molar-refractivity contribution in [3.8, 4) is 0 Å². The van der Waals surface area contributed by atoms with Crippen LogP contribution >= 0.6 is 0 Å². The molecular formula is C22H25N3O3. The van der Waals surface area contributed by atoms with E-state index in [4.69, 9.17) is 4.74 Å². The molecule has 0 saturated carbocycles. The highest BCUT2D eigenvalue weighted by molar-refractivity contribution is 5.94. The molecule has 0 bridgehead atoms. The van der Waals surface area contributed by atoms with Crippen LogP contribution in [0.2, 0.25) is 0 Å². The van der Waals surface area contributed by atoms with Crippen LogP contribution in [0.4, 0.5) is 10.5 Å². The Hall–Kier alpha value is -2.89. The number of aromatic nitrogens is 1. The Balaban J connectivity index is 1.52. The fourth-order valence-corrected chi connectivity index (χ4v) is 4.37. The maximum atomic E-state index is 12.8. The molecule has 0 radical (unpaired) electrons. The van der Waals surface area contributed by atoms with Crippen LogP contribution in [-0.4, -0.2) is 30.1 Å². The molecule has 0 fully saturated rings. The minimum absolute atomic E-state index is 0.355. The van der Waals surface area contributed by atoms with Gasteiger partial charge >= 0.3 is 12.0 Å². The average molecular weight is 379 g/mol. The summed E-state index contributed by atoms with van der Waals surface area (Å²) in [5.41, 5.74) is 7.12. The number of carbonyl (C=O) groups excluding carboxylic acids is 2. The van der Waals surface area contributed by atoms with Crippen molar-refractivity contribution in [1.82, 2.24) is 10.3 Å². The van der Waals surface area contributed by atoms with Crippen LogP contribution in [0, 0.1) is 0 Å². The number of nitrogens with one attached hydrogen (secondary N) is 2. The van der Waals surface area contributed by atoms with Crippen molar-refractivity contribution in [2.24, 2.45) is 0 Å². The van der Waals surface area contributed by atoms with Crippen molar-refractivity contribution < 1.29 is 14.3 Å². The molecule has 0 aliphatic heterocycles. The molecule has 2 aliphatic rings. The van der Waals surface area contributed by atoms with Gasteiger partial charge in [-0.1, -0.05) is 6.07 Å². The number of aryl methyl sites for hydroxylation is 2. The van der Waals surface area contributed by atoms with E-state index in [-0.39, 0.29) is 6.03 Å². The number of pyridine rings is 1. The van der Waals surface area contributed by atoms with Gasteiger partial charge in [0.1, 0.15) is 6.04 Å². The minimum Gasteiger partial charge on any atom is -0.467 e. The highest BCUT2D eigenvalue weighted by Crippen LogP contribution is 2.38. The number of carbonyl (C=O) groups is 2. The van der Waals surface area contributed by atoms with Gasteiger partial charge in [-0.2, -0.15) is 0 Å². The van der Waals surface area contributed by atoms with E-state index in [0.717, 1.165) is 49.8 Å². The fourth-order valence-electron chi connectivity index (χ4n) is 4.37. The standard InChI is InChI=1S/C22H25N3O3/c1-28-21(26)19(12-14-8-10-23-11-9-14)24-22(27)25-20-17-6-2-4-15(17)13-16-5-3-7-18(16)20/h8-11,13,19H,2-7,12H2,1H3,(H2,24,25,27)/t19-/m1/s1. The summed E-state index contributed by atoms with van der Waals surface area (Å²) in [5, 5.41) is 5.87. The highest BCUT2D eigenvalue weighted by atomic mass is 16.5. The quantitative estimate of drug-likeness (QED) is 0.783. The molecule has 0 spiro atoms. The lowest BCUT2D eigenvalue weighted by molar-refractivity contribution is -0.142. The molecule has 0 unspecified atom stereocenters. The van der Waals surface area contributed by atoms with E-state index in [9.17, 15) is 9.59 Å². The number of esters is 1. The summed E-state index contributed by atoms with van der Waals surface area (Å²) in [6.07, 6.45) is 10.1. The number of hydrogen-bond donors (Lipinski definition) is 2. The van der Waals surface area contributed by atoms with Crippen molar-refractivity contribution in [1.29, 1.82) is 0 Å². The molecule has 6 nitrogen and oxygen atoms in total. The SMILES string of the molecule is COC(=O)[C@@H](Cc1ccncc1)NC(=O)Nc1c2c(cc3c1CCC3)CCC2. The molecule has 4 rings (SSSR count). The fraction of sp³-hybridized carbons (Fsp3) is 0.409. The predicted octanol–water partition coefficient (Wildman–Crippen LogP) is 2.96. The number of ether oxygens (including phenoxy) is 1. The Labute approximate surface area is 164 Å². The van der Waals surface area contributed by atoms with Gasteiger partial charge in [-0.05, 0) is 78.5 Å². The van der Waals surface area contributed by atoms with Crippen LogP contribution in [0.5, 0.6) is 0 Å². The topological polar surface area (TPSA) is 80.3 Å². The number of rotatable bonds is 5. The second-order valence-electron chi connectivity index (χ2n) is 7.47. The third-order valence-electron chi connectivity index (χ3n) is 5.69. The summed E-state index contributed by atoms with van der Waals surface area (Å²) in [6, 6.07) is 4.86. The van der Waals surface area contributed by atoms with Gasteiger partial charge in [0.25, 0.3) is 0 Å². The number of benzene rings is 1. The largest absolute Gasteiger partial charge is 0.467 e. The highest BCUT2D eigenvalue weighted by Gasteiger charge is 2.27. The first-order valence-electron chi connectivity index (χ1n) is 9.86. The maximum absolute atomic E-state index is 12.8. The van der Waals surface area contributed by atoms with Gasteiger partial charge in [0.2, 0.25) is 0 Å². The normalized spacial score (nSPS) is 15.5. The Morgan fingerprint density at radius 1 is 1.07 bits per heavy atom. The third kappa shape index (κ3) is 3.72. The van der Waals surface area contributed by atoms with E-state index in [1.807, 2.05) is 12.1 Å². The lowest BCUT2D eigenvalue weighted by atomic mass is 9.99. The molecule has 1 heterocycles. The first kappa shape index (κ1) is 18.5. The second-order valence-corrected chi connectivity index (χ2v) is 7.47. The average Bonchev–Trinajstić information content (AvgIpc) is 3.36. The Bertz CT molecular complexity index is 863. The summed E-state index contributed by atoms with van der Waals surface area (Å²) in [7, 11) is 1.33. The van der Waals surface area contributed by atoms with Crippen molar-refractivity contribution in [2.45, 2.75) is 51.0 Å². The van der Waals surface area contributed by atoms with E-state index in [1.165, 1.54) is 29.4 Å². The number of methoxy groups -OCH3 is 1. The molecule has 6 heteroatoms. The van der Waals surface area contributed by atoms with Gasteiger partial charge in [0.15, 0.2) is 0 Å². The molecule has 28 heavy (non-hydrogen) atoms. The molecule has 2 aromatic rings. The van der Waals surface area contributed by atoms with Gasteiger partial charge in [-0.25, -0.2) is 9.59 Å². The van der Waals surface area contributed by atoms with E-state index in [0.29, 0.717) is 6.42 Å². The number of nitrogens with zero attached hydrogens (tertiary/aromatic N) is 1. The van der Waals surface area contributed by atoms with Gasteiger partial charge in [0.05, 0.1) is 7.11 Å². The van der Waals surface area contributed by atoms with Crippen molar-refractivity contribution in [3.05, 3.63) is 58.4 Å². The molecule has 1 atom stereocenters. The predicted molar refractivity (Wildman–Crippen MR) is 106 cm³/mol. The summed E-state index contributed by atoms with van der Waals surface area (Å²) >= 11 is 0. The van der Waals surface area contributed by atoms with Crippen LogP contribution in [-0.2, 0) is 41.6 Å². The Kier molecular flexibility index (Phi) is 5.28. The molecule has 1 aromatic heterocycles. The van der Waals surface area contributed by atoms with E-state index >= 15 is 0 Å². The van der Waals surface area contributed by atoms with Crippen LogP contribution in [0.3, 0.4) is 0 Å². The molecule has 2 N–H and O–H groups in total. The van der Waals surface area contributed by atoms with Crippen LogP contribution in [0.15, 0.2) is 30.6 Å². The summed E-state index contributed by atoms with van der Waals surface area (Å²) in [5.74, 6) is -0.463. The number of fused-ring (bicyclic) bond motifs is 2. The smallest absolute Gasteiger partial charge is 0.328 e. The summed E-state index contributed by atoms with van der Waals surface area (Å²) in [6.45, 7) is 0. The van der Waals surface area contributed by atoms with Crippen molar-refractivity contribution in [2.75, 3.05) is 12.4 Å². The maximum Gasteiger partial charge on any atom is 0.328 e. The lowest BCUT2D eigenvalue weighted by Gasteiger charge is -2.20. The first-order chi connectivity index (χ1) is 13.7. The van der Waals surface area contributed by atoms with Crippen LogP contribution < -0.4 is 10.6 Å². The molecule has 2 aliphatic carbocycles. The molecular weight excluding hydrogens is 354 g/mol. The lowest BCUT2D eigenvalue weighted by Crippen LogP contribution is -2.45. The Morgan fingerprint density at radius 3 is 2.32 bits per heavy atom. The summed E-state index contributed by atoms with van der Waals surface area (Å²) in [4.78, 5) is 29.0. The van der Waals surface area contributed by atoms with E-state index in [1.54, 1.807) is 12.4 Å². The molecule has 0 saturated heterocycles. The van der Waals surface area contributed by atoms with Gasteiger partial charge in [-0.15, -0.1) is 0 Å². The molecule has 2 amide bonds. The van der Waals surface area contributed by atoms with Gasteiger partial charge < -0.3 is 15.4 Å². The molecule has 1 aromatic carbocycles. The third-order valence-corrected chi connectivity index (χ3v) is 5.69. The molecule has 146 valence electrons. The Morgan fingerprint density at radius 2 is 1.71 bits per heavy atom. The van der Waals surface area contributed by atoms with Crippen molar-refractivity contribution in [3.63, 3.8) is 0 Å². The number of urea groups is 1. The first-order valence-corrected chi connectivity index (χ1v) is 9.86. The zero-order chi connectivity index (χ0) is 19.5. The number of anilines is 1. The van der Waals surface area contributed by atoms with Crippen molar-refractivity contribution >= 4 is 17.7 Å². The van der Waals surface area contributed by atoms with Gasteiger partial charge in [0, 0.05) is 24.5 Å². The second kappa shape index (κ2) is 8.00. The monoisotopic (exact) mass is 379 g/mol. The van der Waals surface area contributed by atoms with Crippen LogP contribution in [0.1, 0.15) is 40.7 Å². The van der Waals surface area contributed by atoms with Gasteiger partial charge in [-0.3, -0.25) is 4.98 Å². The van der Waals surface area contributed by atoms with E-state index < -0.39 is 12.0 Å². The summed E-state index contributed by atoms with van der Waals surface area (Å²) < 4.78 is 4.89. The van der Waals surface area contributed by atoms with Crippen LogP contribution in [0.25, 0.3) is 0 Å². The zero-order valence-electron chi connectivity index (χ0n) is 16.1. The minimum atomic E-state index is -0.753.